The first-order chi connectivity index (χ1) is 10.6. The van der Waals surface area contributed by atoms with Crippen LogP contribution in [0.3, 0.4) is 0 Å². The Labute approximate surface area is 144 Å². The molecule has 0 saturated carbocycles. The molecule has 0 aromatic carbocycles. The molecule has 0 amide bonds. The quantitative estimate of drug-likeness (QED) is 0.338. The fraction of sp³-hybridized carbons (Fsp3) is 1.00. The Kier molecular flexibility index (Phi) is 12.2. The van der Waals surface area contributed by atoms with Crippen molar-refractivity contribution in [2.24, 2.45) is 0 Å². The van der Waals surface area contributed by atoms with E-state index in [9.17, 15) is 8.42 Å². The molecule has 0 aromatic rings. The zero-order valence-corrected chi connectivity index (χ0v) is 16.5. The van der Waals surface area contributed by atoms with Crippen LogP contribution in [0.15, 0.2) is 0 Å². The second kappa shape index (κ2) is 12.3. The summed E-state index contributed by atoms with van der Waals surface area (Å²) in [5.41, 5.74) is -0.395. The minimum absolute atomic E-state index is 0.304. The zero-order chi connectivity index (χ0) is 17.8. The normalized spacial score (nSPS) is 14.1. The molecule has 0 spiro atoms. The first-order valence-corrected chi connectivity index (χ1v) is 10.9. The summed E-state index contributed by atoms with van der Waals surface area (Å²) in [5.74, 6) is -0.304. The van der Waals surface area contributed by atoms with E-state index in [-0.39, 0.29) is 5.75 Å². The van der Waals surface area contributed by atoms with Gasteiger partial charge in [0.05, 0.1) is 11.7 Å². The smallest absolute Gasteiger partial charge is 0.267 e. The topological polar surface area (TPSA) is 63.6 Å². The number of hydrogen-bond acceptors (Lipinski definition) is 3. The minimum Gasteiger partial charge on any atom is -0.371 e. The van der Waals surface area contributed by atoms with Gasteiger partial charge in [0, 0.05) is 0 Å². The van der Waals surface area contributed by atoms with Crippen molar-refractivity contribution in [2.75, 3.05) is 5.75 Å². The Morgan fingerprint density at radius 1 is 0.870 bits per heavy atom. The molecule has 0 rings (SSSR count). The van der Waals surface area contributed by atoms with Crippen molar-refractivity contribution < 1.29 is 17.7 Å². The van der Waals surface area contributed by atoms with Gasteiger partial charge in [-0.1, -0.05) is 71.1 Å². The van der Waals surface area contributed by atoms with Crippen molar-refractivity contribution in [3.63, 3.8) is 0 Å². The predicted octanol–water partition coefficient (Wildman–Crippen LogP) is 5.37. The van der Waals surface area contributed by atoms with E-state index in [1.165, 1.54) is 51.4 Å². The molecule has 1 atom stereocenters. The summed E-state index contributed by atoms with van der Waals surface area (Å²) < 4.78 is 37.0. The van der Waals surface area contributed by atoms with Crippen LogP contribution in [0.4, 0.5) is 0 Å². The summed E-state index contributed by atoms with van der Waals surface area (Å²) in [6.07, 6.45) is 12.8. The van der Waals surface area contributed by atoms with Crippen LogP contribution in [-0.4, -0.2) is 30.4 Å². The van der Waals surface area contributed by atoms with Gasteiger partial charge >= 0.3 is 0 Å². The third kappa shape index (κ3) is 18.1. The molecule has 0 saturated heterocycles. The van der Waals surface area contributed by atoms with E-state index in [4.69, 9.17) is 9.29 Å². The highest BCUT2D eigenvalue weighted by molar-refractivity contribution is 7.85. The Morgan fingerprint density at radius 2 is 1.30 bits per heavy atom. The van der Waals surface area contributed by atoms with Crippen molar-refractivity contribution >= 4 is 10.1 Å². The molecule has 5 heteroatoms. The van der Waals surface area contributed by atoms with Gasteiger partial charge in [-0.3, -0.25) is 4.55 Å². The van der Waals surface area contributed by atoms with Gasteiger partial charge in [-0.25, -0.2) is 0 Å². The fourth-order valence-corrected chi connectivity index (χ4v) is 3.48. The molecule has 0 aliphatic heterocycles. The van der Waals surface area contributed by atoms with Crippen LogP contribution in [0.2, 0.25) is 0 Å². The standard InChI is InChI=1S/C18H38O4S/c1-5-6-7-8-9-10-11-12-13-14-15-17(16-23(19,20)21)22-18(2,3)4/h17H,5-16H2,1-4H3,(H,19,20,21). The second-order valence-electron chi connectivity index (χ2n) is 7.57. The molecule has 0 radical (unpaired) electrons. The largest absolute Gasteiger partial charge is 0.371 e. The lowest BCUT2D eigenvalue weighted by Crippen LogP contribution is -2.32. The van der Waals surface area contributed by atoms with E-state index in [1.807, 2.05) is 20.8 Å². The molecule has 140 valence electrons. The molecular weight excluding hydrogens is 312 g/mol. The molecule has 0 heterocycles. The molecule has 0 bridgehead atoms. The van der Waals surface area contributed by atoms with Gasteiger partial charge < -0.3 is 4.74 Å². The Bertz CT molecular complexity index is 371. The maximum atomic E-state index is 11.1. The van der Waals surface area contributed by atoms with Gasteiger partial charge in [-0.05, 0) is 27.2 Å². The summed E-state index contributed by atoms with van der Waals surface area (Å²) in [7, 11) is -3.98. The highest BCUT2D eigenvalue weighted by atomic mass is 32.2. The van der Waals surface area contributed by atoms with Gasteiger partial charge in [-0.2, -0.15) is 8.42 Å². The number of ether oxygens (including phenoxy) is 1. The summed E-state index contributed by atoms with van der Waals surface area (Å²) in [6, 6.07) is 0. The lowest BCUT2D eigenvalue weighted by Gasteiger charge is -2.27. The molecular formula is C18H38O4S. The highest BCUT2D eigenvalue weighted by Gasteiger charge is 2.23. The molecule has 0 aliphatic rings. The van der Waals surface area contributed by atoms with Gasteiger partial charge in [-0.15, -0.1) is 0 Å². The van der Waals surface area contributed by atoms with E-state index in [2.05, 4.69) is 6.92 Å². The molecule has 0 aliphatic carbocycles. The summed E-state index contributed by atoms with van der Waals surface area (Å²) in [5, 5.41) is 0. The number of unbranched alkanes of at least 4 members (excludes halogenated alkanes) is 9. The Hall–Kier alpha value is -0.130. The molecule has 0 aromatic heterocycles. The summed E-state index contributed by atoms with van der Waals surface area (Å²) >= 11 is 0. The third-order valence-corrected chi connectivity index (χ3v) is 4.59. The monoisotopic (exact) mass is 350 g/mol. The van der Waals surface area contributed by atoms with Crippen molar-refractivity contribution in [3.8, 4) is 0 Å². The maximum absolute atomic E-state index is 11.1. The predicted molar refractivity (Wildman–Crippen MR) is 97.5 cm³/mol. The van der Waals surface area contributed by atoms with Crippen LogP contribution in [0.1, 0.15) is 98.3 Å². The van der Waals surface area contributed by atoms with Crippen molar-refractivity contribution in [3.05, 3.63) is 0 Å². The average Bonchev–Trinajstić information content (AvgIpc) is 2.37. The average molecular weight is 351 g/mol. The van der Waals surface area contributed by atoms with Crippen molar-refractivity contribution in [1.29, 1.82) is 0 Å². The van der Waals surface area contributed by atoms with Crippen molar-refractivity contribution in [2.45, 2.75) is 110 Å². The number of hydrogen-bond donors (Lipinski definition) is 1. The fourth-order valence-electron chi connectivity index (χ4n) is 2.77. The second-order valence-corrected chi connectivity index (χ2v) is 9.07. The van der Waals surface area contributed by atoms with Crippen LogP contribution in [-0.2, 0) is 14.9 Å². The summed E-state index contributed by atoms with van der Waals surface area (Å²) in [4.78, 5) is 0. The molecule has 1 unspecified atom stereocenters. The first-order valence-electron chi connectivity index (χ1n) is 9.27. The van der Waals surface area contributed by atoms with Crippen LogP contribution in [0.5, 0.6) is 0 Å². The van der Waals surface area contributed by atoms with E-state index >= 15 is 0 Å². The van der Waals surface area contributed by atoms with E-state index in [0.29, 0.717) is 6.42 Å². The third-order valence-electron chi connectivity index (χ3n) is 3.80. The maximum Gasteiger partial charge on any atom is 0.267 e. The van der Waals surface area contributed by atoms with E-state index in [1.54, 1.807) is 0 Å². The molecule has 4 nitrogen and oxygen atoms in total. The van der Waals surface area contributed by atoms with Crippen LogP contribution >= 0.6 is 0 Å². The van der Waals surface area contributed by atoms with Crippen LogP contribution in [0.25, 0.3) is 0 Å². The zero-order valence-electron chi connectivity index (χ0n) is 15.6. The summed E-state index contributed by atoms with van der Waals surface area (Å²) in [6.45, 7) is 7.95. The van der Waals surface area contributed by atoms with Crippen LogP contribution < -0.4 is 0 Å². The molecule has 0 fully saturated rings. The van der Waals surface area contributed by atoms with Crippen LogP contribution in [0, 0.1) is 0 Å². The number of rotatable bonds is 14. The van der Waals surface area contributed by atoms with Gasteiger partial charge in [0.25, 0.3) is 10.1 Å². The molecule has 1 N–H and O–H groups in total. The minimum atomic E-state index is -3.98. The van der Waals surface area contributed by atoms with Gasteiger partial charge in [0.2, 0.25) is 0 Å². The molecule has 23 heavy (non-hydrogen) atoms. The lowest BCUT2D eigenvalue weighted by molar-refractivity contribution is -0.0537. The first kappa shape index (κ1) is 22.9. The van der Waals surface area contributed by atoms with E-state index in [0.717, 1.165) is 12.8 Å². The Balaban J connectivity index is 3.78. The SMILES string of the molecule is CCCCCCCCCCCCC(CS(=O)(=O)O)OC(C)(C)C. The highest BCUT2D eigenvalue weighted by Crippen LogP contribution is 2.18. The van der Waals surface area contributed by atoms with Gasteiger partial charge in [0.15, 0.2) is 0 Å². The van der Waals surface area contributed by atoms with E-state index < -0.39 is 21.8 Å². The lowest BCUT2D eigenvalue weighted by atomic mass is 10.0. The van der Waals surface area contributed by atoms with Gasteiger partial charge in [0.1, 0.15) is 5.75 Å². The Morgan fingerprint density at radius 3 is 1.70 bits per heavy atom. The van der Waals surface area contributed by atoms with Crippen molar-refractivity contribution in [1.82, 2.24) is 0 Å².